The number of allylic oxidation sites excluding steroid dienone is 1. The first kappa shape index (κ1) is 18.3. The Hall–Kier alpha value is -0.460. The second-order valence-corrected chi connectivity index (χ2v) is 10.9. The molecule has 0 aromatic rings. The van der Waals surface area contributed by atoms with Gasteiger partial charge in [-0.15, -0.1) is 0 Å². The summed E-state index contributed by atoms with van der Waals surface area (Å²) in [6, 6.07) is 0. The lowest BCUT2D eigenvalue weighted by atomic mass is 9.45. The molecule has 2 saturated heterocycles. The molecular formula is C23H34O5. The van der Waals surface area contributed by atoms with Crippen LogP contribution in [0.3, 0.4) is 0 Å². The van der Waals surface area contributed by atoms with Gasteiger partial charge in [0.05, 0.1) is 31.5 Å². The highest BCUT2D eigenvalue weighted by atomic mass is 16.7. The van der Waals surface area contributed by atoms with E-state index in [9.17, 15) is 10.2 Å². The van der Waals surface area contributed by atoms with E-state index >= 15 is 0 Å². The predicted octanol–water partition coefficient (Wildman–Crippen LogP) is 2.79. The molecule has 0 amide bonds. The van der Waals surface area contributed by atoms with Crippen molar-refractivity contribution in [2.24, 2.45) is 28.6 Å². The summed E-state index contributed by atoms with van der Waals surface area (Å²) < 4.78 is 18.7. The van der Waals surface area contributed by atoms with Gasteiger partial charge in [-0.25, -0.2) is 0 Å². The number of hydrogen-bond acceptors (Lipinski definition) is 5. The van der Waals surface area contributed by atoms with Crippen molar-refractivity contribution in [3.63, 3.8) is 0 Å². The summed E-state index contributed by atoms with van der Waals surface area (Å²) in [5.41, 5.74) is 0.909. The van der Waals surface area contributed by atoms with Crippen LogP contribution in [0.1, 0.15) is 59.3 Å². The van der Waals surface area contributed by atoms with Gasteiger partial charge in [-0.05, 0) is 62.7 Å². The van der Waals surface area contributed by atoms with Gasteiger partial charge >= 0.3 is 0 Å². The van der Waals surface area contributed by atoms with Gasteiger partial charge in [-0.3, -0.25) is 0 Å². The minimum atomic E-state index is -0.610. The highest BCUT2D eigenvalue weighted by Gasteiger charge is 2.84. The van der Waals surface area contributed by atoms with Gasteiger partial charge in [0.1, 0.15) is 5.60 Å². The average Bonchev–Trinajstić information content (AvgIpc) is 3.09. The molecule has 4 aliphatic carbocycles. The molecule has 9 atom stereocenters. The van der Waals surface area contributed by atoms with Crippen molar-refractivity contribution in [3.05, 3.63) is 11.6 Å². The molecule has 2 aliphatic heterocycles. The molecule has 2 N–H and O–H groups in total. The van der Waals surface area contributed by atoms with Crippen LogP contribution in [0.5, 0.6) is 0 Å². The van der Waals surface area contributed by atoms with Crippen LogP contribution in [-0.4, -0.2) is 53.1 Å². The average molecular weight is 391 g/mol. The first-order chi connectivity index (χ1) is 13.3. The normalized spacial score (nSPS) is 59.0. The van der Waals surface area contributed by atoms with Crippen LogP contribution < -0.4 is 0 Å². The summed E-state index contributed by atoms with van der Waals surface area (Å²) in [6.45, 7) is 7.96. The summed E-state index contributed by atoms with van der Waals surface area (Å²) in [6.07, 6.45) is 7.41. The number of ether oxygens (including phenoxy) is 3. The largest absolute Gasteiger partial charge is 0.393 e. The first-order valence-corrected chi connectivity index (χ1v) is 11.3. The van der Waals surface area contributed by atoms with Crippen molar-refractivity contribution in [2.75, 3.05) is 13.2 Å². The van der Waals surface area contributed by atoms with Crippen LogP contribution in [0.15, 0.2) is 11.6 Å². The monoisotopic (exact) mass is 390 g/mol. The van der Waals surface area contributed by atoms with E-state index in [1.54, 1.807) is 0 Å². The lowest BCUT2D eigenvalue weighted by Crippen LogP contribution is -2.64. The van der Waals surface area contributed by atoms with Crippen molar-refractivity contribution in [3.8, 4) is 0 Å². The summed E-state index contributed by atoms with van der Waals surface area (Å²) in [5, 5.41) is 21.8. The number of rotatable bonds is 1. The fourth-order valence-corrected chi connectivity index (χ4v) is 8.56. The van der Waals surface area contributed by atoms with Crippen LogP contribution in [0.4, 0.5) is 0 Å². The topological polar surface area (TPSA) is 71.5 Å². The maximum atomic E-state index is 11.6. The molecule has 1 spiro atoms. The van der Waals surface area contributed by atoms with Crippen LogP contribution in [0.25, 0.3) is 0 Å². The molecule has 0 aromatic carbocycles. The zero-order chi connectivity index (χ0) is 19.5. The van der Waals surface area contributed by atoms with Gasteiger partial charge in [0, 0.05) is 11.3 Å². The Morgan fingerprint density at radius 3 is 2.54 bits per heavy atom. The maximum Gasteiger partial charge on any atom is 0.169 e. The highest BCUT2D eigenvalue weighted by molar-refractivity contribution is 5.35. The van der Waals surface area contributed by atoms with E-state index in [2.05, 4.69) is 26.8 Å². The highest BCUT2D eigenvalue weighted by Crippen LogP contribution is 2.77. The van der Waals surface area contributed by atoms with Crippen molar-refractivity contribution >= 4 is 0 Å². The van der Waals surface area contributed by atoms with E-state index in [4.69, 9.17) is 14.2 Å². The fraction of sp³-hybridized carbons (Fsp3) is 0.913. The zero-order valence-electron chi connectivity index (χ0n) is 17.3. The van der Waals surface area contributed by atoms with Crippen molar-refractivity contribution < 1.29 is 24.4 Å². The summed E-state index contributed by atoms with van der Waals surface area (Å²) >= 11 is 0. The molecular weight excluding hydrogens is 356 g/mol. The molecule has 2 unspecified atom stereocenters. The Kier molecular flexibility index (Phi) is 3.54. The number of fused-ring (bicyclic) bond motifs is 3. The molecule has 0 bridgehead atoms. The summed E-state index contributed by atoms with van der Waals surface area (Å²) in [7, 11) is 0. The first-order valence-electron chi connectivity index (χ1n) is 11.3. The Labute approximate surface area is 167 Å². The van der Waals surface area contributed by atoms with E-state index in [1.165, 1.54) is 5.57 Å². The molecule has 5 heteroatoms. The van der Waals surface area contributed by atoms with E-state index in [0.29, 0.717) is 25.0 Å². The zero-order valence-corrected chi connectivity index (χ0v) is 17.3. The third kappa shape index (κ3) is 1.92. The van der Waals surface area contributed by atoms with Gasteiger partial charge in [-0.1, -0.05) is 25.5 Å². The van der Waals surface area contributed by atoms with Crippen molar-refractivity contribution in [2.45, 2.75) is 89.0 Å². The van der Waals surface area contributed by atoms with Crippen LogP contribution >= 0.6 is 0 Å². The lowest BCUT2D eigenvalue weighted by molar-refractivity contribution is -0.252. The molecule has 3 saturated carbocycles. The molecule has 28 heavy (non-hydrogen) atoms. The predicted molar refractivity (Wildman–Crippen MR) is 102 cm³/mol. The van der Waals surface area contributed by atoms with E-state index in [-0.39, 0.29) is 34.6 Å². The third-order valence-corrected chi connectivity index (χ3v) is 10.1. The Bertz CT molecular complexity index is 729. The number of hydrogen-bond donors (Lipinski definition) is 2. The Balaban J connectivity index is 1.41. The van der Waals surface area contributed by atoms with Crippen LogP contribution in [0, 0.1) is 28.6 Å². The van der Waals surface area contributed by atoms with Crippen molar-refractivity contribution in [1.82, 2.24) is 0 Å². The van der Waals surface area contributed by atoms with Crippen molar-refractivity contribution in [1.29, 1.82) is 0 Å². The van der Waals surface area contributed by atoms with Gasteiger partial charge < -0.3 is 24.4 Å². The quantitative estimate of drug-likeness (QED) is 0.532. The van der Waals surface area contributed by atoms with Gasteiger partial charge in [-0.2, -0.15) is 0 Å². The molecule has 156 valence electrons. The molecule has 6 aliphatic rings. The molecule has 5 nitrogen and oxygen atoms in total. The molecule has 0 aromatic heterocycles. The van der Waals surface area contributed by atoms with Crippen LogP contribution in [0.2, 0.25) is 0 Å². The minimum absolute atomic E-state index is 0.0814. The minimum Gasteiger partial charge on any atom is -0.393 e. The van der Waals surface area contributed by atoms with E-state index < -0.39 is 11.9 Å². The van der Waals surface area contributed by atoms with E-state index in [0.717, 1.165) is 38.5 Å². The summed E-state index contributed by atoms with van der Waals surface area (Å²) in [5.74, 6) is 0.402. The number of aliphatic hydroxyl groups is 2. The molecule has 5 fully saturated rings. The summed E-state index contributed by atoms with van der Waals surface area (Å²) in [4.78, 5) is 0. The van der Waals surface area contributed by atoms with E-state index in [1.807, 2.05) is 0 Å². The standard InChI is InChI=1S/C23H34O5/c1-20-7-6-14(24)10-13(20)4-5-15-16(20)11-18(25)21(2)17(12-19-23(15,21)28-19)22(3)26-8-9-27-22/h4,14-19,24-25H,5-12H2,1-3H3/t14-,15+,16-,17-,18+,19?,20-,21-,23?/m0/s1. The SMILES string of the molecule is CC1([C@H]2CC3OC34[C@@H]3CC=C5C[C@@H](O)CC[C@]5(C)[C@H]3C[C@@H](O)[C@]24C)OCCO1. The Morgan fingerprint density at radius 2 is 1.79 bits per heavy atom. The van der Waals surface area contributed by atoms with Gasteiger partial charge in [0.2, 0.25) is 0 Å². The smallest absolute Gasteiger partial charge is 0.169 e. The Morgan fingerprint density at radius 1 is 1.04 bits per heavy atom. The molecule has 2 heterocycles. The molecule has 0 radical (unpaired) electrons. The number of aliphatic hydroxyl groups excluding tert-OH is 2. The fourth-order valence-electron chi connectivity index (χ4n) is 8.56. The maximum absolute atomic E-state index is 11.6. The molecule has 6 rings (SSSR count). The van der Waals surface area contributed by atoms with Gasteiger partial charge in [0.15, 0.2) is 5.79 Å². The number of epoxide rings is 1. The lowest BCUT2D eigenvalue weighted by Gasteiger charge is -2.60. The van der Waals surface area contributed by atoms with Crippen LogP contribution in [-0.2, 0) is 14.2 Å². The van der Waals surface area contributed by atoms with Gasteiger partial charge in [0.25, 0.3) is 0 Å². The second kappa shape index (κ2) is 5.42. The second-order valence-electron chi connectivity index (χ2n) is 10.9. The third-order valence-electron chi connectivity index (χ3n) is 10.1.